The lowest BCUT2D eigenvalue weighted by molar-refractivity contribution is -0.385. The number of benzene rings is 1. The minimum absolute atomic E-state index is 0.161. The summed E-state index contributed by atoms with van der Waals surface area (Å²) < 4.78 is 13.9. The molecular weight excluding hydrogens is 343 g/mol. The molecule has 0 aromatic heterocycles. The van der Waals surface area contributed by atoms with E-state index in [-0.39, 0.29) is 16.8 Å². The number of non-ortho nitro benzene ring substituents is 1. The maximum atomic E-state index is 13.9. The van der Waals surface area contributed by atoms with Gasteiger partial charge in [0.15, 0.2) is 0 Å². The molecule has 0 radical (unpaired) electrons. The number of amides is 1. The van der Waals surface area contributed by atoms with E-state index in [9.17, 15) is 19.3 Å². The summed E-state index contributed by atoms with van der Waals surface area (Å²) in [5, 5.41) is 14.1. The van der Waals surface area contributed by atoms with Gasteiger partial charge in [0, 0.05) is 11.4 Å². The molecule has 2 rings (SSSR count). The standard InChI is InChI=1S/C14H16BrFN2O3/c15-9-14(6-2-1-3-7-14)17-13(19)11-5-4-10(18(20)21)8-12(11)16/h4-5,8H,1-3,6-7,9H2,(H,17,19). The lowest BCUT2D eigenvalue weighted by atomic mass is 9.83. The summed E-state index contributed by atoms with van der Waals surface area (Å²) in [5.41, 5.74) is -0.882. The second-order valence-corrected chi connectivity index (χ2v) is 5.91. The Morgan fingerprint density at radius 2 is 2.05 bits per heavy atom. The van der Waals surface area contributed by atoms with Crippen LogP contribution in [-0.2, 0) is 0 Å². The average molecular weight is 359 g/mol. The molecule has 0 unspecified atom stereocenters. The molecule has 1 amide bonds. The van der Waals surface area contributed by atoms with Gasteiger partial charge in [-0.15, -0.1) is 0 Å². The second-order valence-electron chi connectivity index (χ2n) is 5.35. The van der Waals surface area contributed by atoms with Crippen molar-refractivity contribution >= 4 is 27.5 Å². The summed E-state index contributed by atoms with van der Waals surface area (Å²) in [6.45, 7) is 0. The van der Waals surface area contributed by atoms with Gasteiger partial charge >= 0.3 is 0 Å². The van der Waals surface area contributed by atoms with Crippen LogP contribution >= 0.6 is 15.9 Å². The minimum Gasteiger partial charge on any atom is -0.346 e. The molecule has 1 aromatic carbocycles. The zero-order chi connectivity index (χ0) is 15.5. The number of hydrogen-bond donors (Lipinski definition) is 1. The van der Waals surface area contributed by atoms with Gasteiger partial charge in [0.05, 0.1) is 22.1 Å². The fourth-order valence-corrected chi connectivity index (χ4v) is 3.33. The highest BCUT2D eigenvalue weighted by atomic mass is 79.9. The molecule has 114 valence electrons. The van der Waals surface area contributed by atoms with Gasteiger partial charge < -0.3 is 5.32 Å². The molecular formula is C14H16BrFN2O3. The molecule has 21 heavy (non-hydrogen) atoms. The quantitative estimate of drug-likeness (QED) is 0.508. The zero-order valence-electron chi connectivity index (χ0n) is 11.4. The number of halogens is 2. The van der Waals surface area contributed by atoms with Crippen LogP contribution in [0.15, 0.2) is 18.2 Å². The van der Waals surface area contributed by atoms with Crippen LogP contribution in [0.1, 0.15) is 42.5 Å². The van der Waals surface area contributed by atoms with Gasteiger partial charge in [-0.1, -0.05) is 35.2 Å². The minimum atomic E-state index is -0.873. The van der Waals surface area contributed by atoms with Gasteiger partial charge in [-0.2, -0.15) is 0 Å². The summed E-state index contributed by atoms with van der Waals surface area (Å²) in [6, 6.07) is 3.07. The molecule has 1 aliphatic carbocycles. The number of alkyl halides is 1. The molecule has 1 saturated carbocycles. The van der Waals surface area contributed by atoms with Crippen molar-refractivity contribution in [3.8, 4) is 0 Å². The predicted molar refractivity (Wildman–Crippen MR) is 80.1 cm³/mol. The third kappa shape index (κ3) is 3.58. The van der Waals surface area contributed by atoms with Crippen LogP contribution in [0.2, 0.25) is 0 Å². The maximum Gasteiger partial charge on any atom is 0.272 e. The zero-order valence-corrected chi connectivity index (χ0v) is 13.0. The van der Waals surface area contributed by atoms with Crippen LogP contribution in [0.3, 0.4) is 0 Å². The van der Waals surface area contributed by atoms with Crippen LogP contribution in [0.5, 0.6) is 0 Å². The van der Waals surface area contributed by atoms with Crippen molar-refractivity contribution in [1.82, 2.24) is 5.32 Å². The second kappa shape index (κ2) is 6.51. The number of nitrogens with zero attached hydrogens (tertiary/aromatic N) is 1. The Morgan fingerprint density at radius 1 is 1.38 bits per heavy atom. The molecule has 7 heteroatoms. The Labute approximate surface area is 130 Å². The van der Waals surface area contributed by atoms with E-state index in [0.717, 1.165) is 50.3 Å². The molecule has 1 aliphatic rings. The smallest absolute Gasteiger partial charge is 0.272 e. The van der Waals surface area contributed by atoms with E-state index in [1.54, 1.807) is 0 Å². The molecule has 0 aliphatic heterocycles. The summed E-state index contributed by atoms with van der Waals surface area (Å²) >= 11 is 3.42. The topological polar surface area (TPSA) is 72.2 Å². The SMILES string of the molecule is O=C(NC1(CBr)CCCCC1)c1ccc([N+](=O)[O-])cc1F. The number of nitro groups is 1. The van der Waals surface area contributed by atoms with Crippen LogP contribution in [0.25, 0.3) is 0 Å². The van der Waals surface area contributed by atoms with E-state index >= 15 is 0 Å². The Hall–Kier alpha value is -1.50. The van der Waals surface area contributed by atoms with Gasteiger partial charge in [-0.3, -0.25) is 14.9 Å². The fraction of sp³-hybridized carbons (Fsp3) is 0.500. The van der Waals surface area contributed by atoms with Crippen LogP contribution < -0.4 is 5.32 Å². The Balaban J connectivity index is 2.18. The van der Waals surface area contributed by atoms with Crippen molar-refractivity contribution < 1.29 is 14.1 Å². The Kier molecular flexibility index (Phi) is 4.92. The molecule has 1 fully saturated rings. The third-order valence-electron chi connectivity index (χ3n) is 3.85. The first-order valence-corrected chi connectivity index (χ1v) is 7.92. The highest BCUT2D eigenvalue weighted by molar-refractivity contribution is 9.09. The summed E-state index contributed by atoms with van der Waals surface area (Å²) in [4.78, 5) is 22.1. The molecule has 0 saturated heterocycles. The Bertz CT molecular complexity index is 559. The lowest BCUT2D eigenvalue weighted by Gasteiger charge is -2.36. The summed E-state index contributed by atoms with van der Waals surface area (Å²) in [6.07, 6.45) is 4.87. The molecule has 0 spiro atoms. The fourth-order valence-electron chi connectivity index (χ4n) is 2.63. The molecule has 0 heterocycles. The number of rotatable bonds is 4. The number of nitrogens with one attached hydrogen (secondary N) is 1. The van der Waals surface area contributed by atoms with Gasteiger partial charge in [0.25, 0.3) is 11.6 Å². The van der Waals surface area contributed by atoms with E-state index in [1.165, 1.54) is 0 Å². The van der Waals surface area contributed by atoms with Gasteiger partial charge in [0.2, 0.25) is 0 Å². The van der Waals surface area contributed by atoms with Crippen LogP contribution in [0.4, 0.5) is 10.1 Å². The van der Waals surface area contributed by atoms with Crippen molar-refractivity contribution in [2.75, 3.05) is 5.33 Å². The lowest BCUT2D eigenvalue weighted by Crippen LogP contribution is -2.51. The van der Waals surface area contributed by atoms with E-state index in [4.69, 9.17) is 0 Å². The van der Waals surface area contributed by atoms with E-state index in [2.05, 4.69) is 21.2 Å². The van der Waals surface area contributed by atoms with Crippen molar-refractivity contribution in [1.29, 1.82) is 0 Å². The van der Waals surface area contributed by atoms with Crippen molar-refractivity contribution in [2.24, 2.45) is 0 Å². The van der Waals surface area contributed by atoms with Crippen LogP contribution in [0, 0.1) is 15.9 Å². The van der Waals surface area contributed by atoms with Crippen molar-refractivity contribution in [3.63, 3.8) is 0 Å². The number of nitro benzene ring substituents is 1. The molecule has 1 N–H and O–H groups in total. The molecule has 1 aromatic rings. The maximum absolute atomic E-state index is 13.9. The highest BCUT2D eigenvalue weighted by Gasteiger charge is 2.33. The number of hydrogen-bond acceptors (Lipinski definition) is 3. The average Bonchev–Trinajstić information content (AvgIpc) is 2.47. The van der Waals surface area contributed by atoms with Crippen LogP contribution in [-0.4, -0.2) is 21.7 Å². The first kappa shape index (κ1) is 15.9. The van der Waals surface area contributed by atoms with Crippen molar-refractivity contribution in [2.45, 2.75) is 37.6 Å². The molecule has 5 nitrogen and oxygen atoms in total. The summed E-state index contributed by atoms with van der Waals surface area (Å²) in [5.74, 6) is -1.40. The first-order chi connectivity index (χ1) is 9.97. The van der Waals surface area contributed by atoms with Crippen molar-refractivity contribution in [3.05, 3.63) is 39.7 Å². The normalized spacial score (nSPS) is 17.2. The molecule has 0 bridgehead atoms. The Morgan fingerprint density at radius 3 is 2.57 bits per heavy atom. The first-order valence-electron chi connectivity index (χ1n) is 6.80. The number of carbonyl (C=O) groups is 1. The van der Waals surface area contributed by atoms with E-state index in [1.807, 2.05) is 0 Å². The third-order valence-corrected chi connectivity index (χ3v) is 4.93. The van der Waals surface area contributed by atoms with Gasteiger partial charge in [-0.25, -0.2) is 4.39 Å². The van der Waals surface area contributed by atoms with Gasteiger partial charge in [-0.05, 0) is 18.9 Å². The largest absolute Gasteiger partial charge is 0.346 e. The van der Waals surface area contributed by atoms with E-state index < -0.39 is 16.6 Å². The van der Waals surface area contributed by atoms with E-state index in [0.29, 0.717) is 5.33 Å². The summed E-state index contributed by atoms with van der Waals surface area (Å²) in [7, 11) is 0. The predicted octanol–water partition coefficient (Wildman–Crippen LogP) is 3.56. The van der Waals surface area contributed by atoms with Gasteiger partial charge in [0.1, 0.15) is 5.82 Å². The highest BCUT2D eigenvalue weighted by Crippen LogP contribution is 2.30. The number of carbonyl (C=O) groups excluding carboxylic acids is 1. The molecule has 0 atom stereocenters. The monoisotopic (exact) mass is 358 g/mol.